The minimum Gasteiger partial charge on any atom is -0.384 e. The number of aryl methyl sites for hydroxylation is 1. The number of hydrogen-bond acceptors (Lipinski definition) is 1. The molecule has 0 bridgehead atoms. The van der Waals surface area contributed by atoms with Crippen LogP contribution < -0.4 is 5.73 Å². The molecule has 0 atom stereocenters. The maximum absolute atomic E-state index is 7.48. The van der Waals surface area contributed by atoms with E-state index >= 15 is 0 Å². The van der Waals surface area contributed by atoms with Crippen molar-refractivity contribution in [1.29, 1.82) is 5.41 Å². The molecule has 0 saturated carbocycles. The molecule has 0 aliphatic rings. The van der Waals surface area contributed by atoms with E-state index in [-0.39, 0.29) is 5.84 Å². The third kappa shape index (κ3) is 1.96. The molecule has 0 unspecified atom stereocenters. The van der Waals surface area contributed by atoms with Crippen LogP contribution in [0.15, 0.2) is 24.3 Å². The number of allylic oxidation sites excluding steroid dienone is 1. The topological polar surface area (TPSA) is 65.7 Å². The molecule has 17 heavy (non-hydrogen) atoms. The molecule has 0 radical (unpaired) electrons. The number of fused-ring (bicyclic) bond motifs is 1. The summed E-state index contributed by atoms with van der Waals surface area (Å²) >= 11 is 0. The lowest BCUT2D eigenvalue weighted by Crippen LogP contribution is -2.10. The maximum Gasteiger partial charge on any atom is 0.122 e. The van der Waals surface area contributed by atoms with Crippen molar-refractivity contribution < 1.29 is 0 Å². The summed E-state index contributed by atoms with van der Waals surface area (Å²) in [7, 11) is 0. The van der Waals surface area contributed by atoms with E-state index in [2.05, 4.69) is 18.0 Å². The van der Waals surface area contributed by atoms with Gasteiger partial charge in [0.15, 0.2) is 0 Å². The van der Waals surface area contributed by atoms with E-state index < -0.39 is 0 Å². The Morgan fingerprint density at radius 1 is 1.47 bits per heavy atom. The van der Waals surface area contributed by atoms with Gasteiger partial charge in [-0.2, -0.15) is 0 Å². The standard InChI is InChI=1S/C14H17N3/c1-3-5-10-11-8-9(14(15)16)6-7-13(11)17-12(10)4-2/h3,5-8,17H,4H2,1-2H3,(H3,15,16)/b5-3-. The van der Waals surface area contributed by atoms with E-state index in [4.69, 9.17) is 11.1 Å². The van der Waals surface area contributed by atoms with E-state index in [1.807, 2.05) is 31.2 Å². The SMILES string of the molecule is C/C=C\c1c(CC)[nH]c2ccc(C(=N)N)cc12. The Bertz CT molecular complexity index is 591. The highest BCUT2D eigenvalue weighted by Gasteiger charge is 2.08. The fourth-order valence-corrected chi connectivity index (χ4v) is 2.07. The third-order valence-electron chi connectivity index (χ3n) is 2.92. The van der Waals surface area contributed by atoms with Gasteiger partial charge in [-0.1, -0.05) is 19.1 Å². The highest BCUT2D eigenvalue weighted by atomic mass is 14.7. The van der Waals surface area contributed by atoms with Gasteiger partial charge in [-0.3, -0.25) is 5.41 Å². The molecule has 2 aromatic rings. The van der Waals surface area contributed by atoms with Crippen molar-refractivity contribution in [1.82, 2.24) is 4.98 Å². The van der Waals surface area contributed by atoms with E-state index in [0.29, 0.717) is 0 Å². The molecule has 1 heterocycles. The first-order valence-electron chi connectivity index (χ1n) is 5.79. The van der Waals surface area contributed by atoms with Crippen LogP contribution in [0, 0.1) is 5.41 Å². The number of H-pyrrole nitrogens is 1. The van der Waals surface area contributed by atoms with Crippen molar-refractivity contribution in [3.63, 3.8) is 0 Å². The Hall–Kier alpha value is -2.03. The minimum atomic E-state index is 0.109. The number of nitrogens with one attached hydrogen (secondary N) is 2. The molecular weight excluding hydrogens is 210 g/mol. The van der Waals surface area contributed by atoms with Crippen LogP contribution in [0.4, 0.5) is 0 Å². The average molecular weight is 227 g/mol. The monoisotopic (exact) mass is 227 g/mol. The largest absolute Gasteiger partial charge is 0.384 e. The van der Waals surface area contributed by atoms with Gasteiger partial charge in [0.25, 0.3) is 0 Å². The summed E-state index contributed by atoms with van der Waals surface area (Å²) in [5.41, 5.74) is 9.81. The quantitative estimate of drug-likeness (QED) is 0.547. The van der Waals surface area contributed by atoms with Crippen LogP contribution in [0.2, 0.25) is 0 Å². The lowest BCUT2D eigenvalue weighted by molar-refractivity contribution is 1.07. The van der Waals surface area contributed by atoms with Crippen LogP contribution in [0.5, 0.6) is 0 Å². The molecule has 4 N–H and O–H groups in total. The van der Waals surface area contributed by atoms with E-state index in [0.717, 1.165) is 22.9 Å². The molecule has 0 spiro atoms. The second-order valence-electron chi connectivity index (χ2n) is 4.04. The molecule has 0 saturated heterocycles. The fourth-order valence-electron chi connectivity index (χ4n) is 2.07. The Morgan fingerprint density at radius 2 is 2.24 bits per heavy atom. The molecule has 0 fully saturated rings. The number of hydrogen-bond donors (Lipinski definition) is 3. The first-order chi connectivity index (χ1) is 8.17. The molecule has 3 nitrogen and oxygen atoms in total. The summed E-state index contributed by atoms with van der Waals surface area (Å²) < 4.78 is 0. The van der Waals surface area contributed by atoms with Gasteiger partial charge >= 0.3 is 0 Å². The zero-order chi connectivity index (χ0) is 12.4. The van der Waals surface area contributed by atoms with Gasteiger partial charge in [0.1, 0.15) is 5.84 Å². The Kier molecular flexibility index (Phi) is 3.00. The first kappa shape index (κ1) is 11.5. The van der Waals surface area contributed by atoms with Gasteiger partial charge in [0, 0.05) is 27.7 Å². The lowest BCUT2D eigenvalue weighted by Gasteiger charge is -1.99. The van der Waals surface area contributed by atoms with Crippen molar-refractivity contribution in [3.05, 3.63) is 41.1 Å². The molecular formula is C14H17N3. The van der Waals surface area contributed by atoms with Gasteiger partial charge < -0.3 is 10.7 Å². The number of benzene rings is 1. The van der Waals surface area contributed by atoms with Crippen molar-refractivity contribution >= 4 is 22.8 Å². The molecule has 1 aromatic carbocycles. The molecule has 2 rings (SSSR count). The Morgan fingerprint density at radius 3 is 2.82 bits per heavy atom. The summed E-state index contributed by atoms with van der Waals surface area (Å²) in [6.07, 6.45) is 5.09. The van der Waals surface area contributed by atoms with E-state index in [9.17, 15) is 0 Å². The van der Waals surface area contributed by atoms with Crippen molar-refractivity contribution in [2.24, 2.45) is 5.73 Å². The van der Waals surface area contributed by atoms with Crippen molar-refractivity contribution in [2.75, 3.05) is 0 Å². The van der Waals surface area contributed by atoms with Crippen molar-refractivity contribution in [3.8, 4) is 0 Å². The van der Waals surface area contributed by atoms with Crippen LogP contribution >= 0.6 is 0 Å². The molecule has 1 aromatic heterocycles. The number of amidine groups is 1. The molecule has 0 aliphatic carbocycles. The summed E-state index contributed by atoms with van der Waals surface area (Å²) in [5.74, 6) is 0.109. The van der Waals surface area contributed by atoms with Gasteiger partial charge in [-0.05, 0) is 31.5 Å². The summed E-state index contributed by atoms with van der Waals surface area (Å²) in [6, 6.07) is 5.83. The molecule has 3 heteroatoms. The van der Waals surface area contributed by atoms with Gasteiger partial charge in [0.2, 0.25) is 0 Å². The van der Waals surface area contributed by atoms with Gasteiger partial charge in [0.05, 0.1) is 0 Å². The van der Waals surface area contributed by atoms with Crippen LogP contribution in [0.25, 0.3) is 17.0 Å². The van der Waals surface area contributed by atoms with E-state index in [1.54, 1.807) is 0 Å². The van der Waals surface area contributed by atoms with Crippen LogP contribution in [-0.2, 0) is 6.42 Å². The van der Waals surface area contributed by atoms with E-state index in [1.165, 1.54) is 11.3 Å². The average Bonchev–Trinajstić information content (AvgIpc) is 2.67. The molecule has 0 amide bonds. The highest BCUT2D eigenvalue weighted by molar-refractivity contribution is 6.01. The second kappa shape index (κ2) is 4.45. The predicted octanol–water partition coefficient (Wildman–Crippen LogP) is 3.05. The zero-order valence-corrected chi connectivity index (χ0v) is 10.2. The number of aromatic amines is 1. The summed E-state index contributed by atoms with van der Waals surface area (Å²) in [4.78, 5) is 3.40. The lowest BCUT2D eigenvalue weighted by atomic mass is 10.1. The third-order valence-corrected chi connectivity index (χ3v) is 2.92. The number of nitrogens with two attached hydrogens (primary N) is 1. The highest BCUT2D eigenvalue weighted by Crippen LogP contribution is 2.25. The summed E-state index contributed by atoms with van der Waals surface area (Å²) in [6.45, 7) is 4.14. The smallest absolute Gasteiger partial charge is 0.122 e. The van der Waals surface area contributed by atoms with Crippen LogP contribution in [0.1, 0.15) is 30.7 Å². The first-order valence-corrected chi connectivity index (χ1v) is 5.79. The fraction of sp³-hybridized carbons (Fsp3) is 0.214. The predicted molar refractivity (Wildman–Crippen MR) is 73.4 cm³/mol. The number of aromatic nitrogens is 1. The Balaban J connectivity index is 2.73. The molecule has 0 aliphatic heterocycles. The van der Waals surface area contributed by atoms with Gasteiger partial charge in [-0.25, -0.2) is 0 Å². The Labute approximate surface area is 101 Å². The summed E-state index contributed by atoms with van der Waals surface area (Å²) in [5, 5.41) is 8.62. The minimum absolute atomic E-state index is 0.109. The maximum atomic E-state index is 7.48. The number of rotatable bonds is 3. The number of nitrogen functional groups attached to an aromatic ring is 1. The van der Waals surface area contributed by atoms with Crippen molar-refractivity contribution in [2.45, 2.75) is 20.3 Å². The van der Waals surface area contributed by atoms with Gasteiger partial charge in [-0.15, -0.1) is 0 Å². The van der Waals surface area contributed by atoms with Crippen LogP contribution in [-0.4, -0.2) is 10.8 Å². The second-order valence-corrected chi connectivity index (χ2v) is 4.04. The molecule has 88 valence electrons. The normalized spacial score (nSPS) is 11.4. The zero-order valence-electron chi connectivity index (χ0n) is 10.2. The van der Waals surface area contributed by atoms with Crippen LogP contribution in [0.3, 0.4) is 0 Å².